The van der Waals surface area contributed by atoms with E-state index in [2.05, 4.69) is 116 Å². The summed E-state index contributed by atoms with van der Waals surface area (Å²) in [5.41, 5.74) is 12.4. The van der Waals surface area contributed by atoms with Crippen molar-refractivity contribution in [2.75, 3.05) is 0 Å². The second kappa shape index (κ2) is 16.5. The number of benzene rings is 6. The van der Waals surface area contributed by atoms with Crippen molar-refractivity contribution in [3.8, 4) is 45.5 Å². The Bertz CT molecular complexity index is 3020. The van der Waals surface area contributed by atoms with E-state index in [1.807, 2.05) is 30.3 Å². The van der Waals surface area contributed by atoms with Crippen LogP contribution in [-0.4, -0.2) is 14.5 Å². The molecule has 0 aliphatic carbocycles. The van der Waals surface area contributed by atoms with Gasteiger partial charge in [0.15, 0.2) is 0 Å². The molecule has 6 aromatic carbocycles. The zero-order valence-electron chi connectivity index (χ0n) is 37.9. The van der Waals surface area contributed by atoms with Crippen molar-refractivity contribution < 1.29 is 32.7 Å². The molecular weight excluding hydrogens is 877 g/mol. The molecule has 5 nitrogen and oxygen atoms in total. The van der Waals surface area contributed by atoms with E-state index in [1.165, 1.54) is 46.6 Å². The summed E-state index contributed by atoms with van der Waals surface area (Å²) in [6.07, 6.45) is 1.30. The van der Waals surface area contributed by atoms with Gasteiger partial charge in [-0.3, -0.25) is 4.98 Å². The van der Waals surface area contributed by atoms with E-state index < -0.39 is 13.7 Å². The number of aryl methyl sites for hydroxylation is 2. The van der Waals surface area contributed by atoms with Crippen LogP contribution in [0.4, 0.5) is 0 Å². The number of imidazole rings is 1. The fraction of sp³-hybridized carbons (Fsp3) is 0.157. The predicted octanol–water partition coefficient (Wildman–Crippen LogP) is 13.3. The topological polar surface area (TPSA) is 67.6 Å². The minimum absolute atomic E-state index is 0. The molecule has 0 aliphatic heterocycles. The minimum Gasteiger partial charge on any atom is -0.500 e. The van der Waals surface area contributed by atoms with E-state index in [-0.39, 0.29) is 43.1 Å². The fourth-order valence-corrected chi connectivity index (χ4v) is 7.15. The molecule has 283 valence electrons. The molecular formula is C51H42IrN4O-2. The Labute approximate surface area is 356 Å². The number of para-hydroxylation sites is 2. The van der Waals surface area contributed by atoms with Crippen LogP contribution in [0.1, 0.15) is 75.6 Å². The summed E-state index contributed by atoms with van der Waals surface area (Å²) in [6, 6.07) is 49.3. The molecule has 0 unspecified atom stereocenters. The van der Waals surface area contributed by atoms with Crippen LogP contribution in [0.5, 0.6) is 0 Å². The van der Waals surface area contributed by atoms with Gasteiger partial charge in [0.05, 0.1) is 34.1 Å². The monoisotopic (exact) mass is 925 g/mol. The Balaban J connectivity index is 0.000000239. The van der Waals surface area contributed by atoms with Gasteiger partial charge in [-0.2, -0.15) is 5.26 Å². The molecule has 0 fully saturated rings. The van der Waals surface area contributed by atoms with Crippen molar-refractivity contribution in [2.45, 2.75) is 53.2 Å². The maximum atomic E-state index is 9.47. The Hall–Kier alpha value is -6.12. The summed E-state index contributed by atoms with van der Waals surface area (Å²) in [5.74, 6) is 1.33. The normalized spacial score (nSPS) is 13.1. The number of rotatable bonds is 6. The van der Waals surface area contributed by atoms with Crippen molar-refractivity contribution in [1.82, 2.24) is 14.5 Å². The number of nitrogens with zero attached hydrogens (tertiary/aromatic N) is 4. The molecule has 57 heavy (non-hydrogen) atoms. The molecule has 0 saturated heterocycles. The standard InChI is InChI=1S/C38H30N3O.C13H12N.Ir/c1-23(2)31-20-27(26-11-6-5-7-12-26)21-32(24(3)4)36(31)41-34-16-9-8-15-33(34)40-38(41)30-14-10-13-29-28-18-17-25(22-39)19-35(28)42-37(29)30;1-10-3-6-12(7-4-10)13-8-5-11(2)9-14-13;/h5-13,15-21,23-24H,1-4H3;3-6,8-9H,1-2H3;/q2*-1;/i;1D3,2D3;. The third kappa shape index (κ3) is 7.70. The van der Waals surface area contributed by atoms with Crippen LogP contribution < -0.4 is 0 Å². The fourth-order valence-electron chi connectivity index (χ4n) is 7.15. The van der Waals surface area contributed by atoms with Crippen molar-refractivity contribution >= 4 is 33.0 Å². The molecule has 0 saturated carbocycles. The molecule has 3 aromatic heterocycles. The van der Waals surface area contributed by atoms with Gasteiger partial charge in [0.1, 0.15) is 5.58 Å². The third-order valence-electron chi connectivity index (χ3n) is 9.94. The van der Waals surface area contributed by atoms with Crippen LogP contribution in [0.2, 0.25) is 0 Å². The molecule has 0 bridgehead atoms. The average molecular weight is 925 g/mol. The van der Waals surface area contributed by atoms with Crippen molar-refractivity contribution in [3.63, 3.8) is 0 Å². The predicted molar refractivity (Wildman–Crippen MR) is 229 cm³/mol. The van der Waals surface area contributed by atoms with Crippen molar-refractivity contribution in [3.05, 3.63) is 174 Å². The van der Waals surface area contributed by atoms with Gasteiger partial charge in [-0.1, -0.05) is 106 Å². The largest absolute Gasteiger partial charge is 0.500 e. The first-order chi connectivity index (χ1) is 29.6. The molecule has 9 aromatic rings. The smallest absolute Gasteiger partial charge is 0.122 e. The van der Waals surface area contributed by atoms with E-state index in [4.69, 9.17) is 17.6 Å². The van der Waals surface area contributed by atoms with Gasteiger partial charge in [-0.05, 0) is 88.6 Å². The Morgan fingerprint density at radius 2 is 1.49 bits per heavy atom. The maximum absolute atomic E-state index is 9.47. The summed E-state index contributed by atoms with van der Waals surface area (Å²) in [7, 11) is 0. The summed E-state index contributed by atoms with van der Waals surface area (Å²) in [6.45, 7) is 4.70. The zero-order valence-corrected chi connectivity index (χ0v) is 34.3. The first-order valence-electron chi connectivity index (χ1n) is 21.6. The second-order valence-corrected chi connectivity index (χ2v) is 14.4. The third-order valence-corrected chi connectivity index (χ3v) is 9.94. The first kappa shape index (κ1) is 32.0. The summed E-state index contributed by atoms with van der Waals surface area (Å²) in [4.78, 5) is 9.29. The number of hydrogen-bond acceptors (Lipinski definition) is 4. The second-order valence-electron chi connectivity index (χ2n) is 14.4. The number of pyridine rings is 1. The number of nitriles is 1. The van der Waals surface area contributed by atoms with E-state index >= 15 is 0 Å². The van der Waals surface area contributed by atoms with Gasteiger partial charge in [0.2, 0.25) is 0 Å². The zero-order chi connectivity index (χ0) is 43.9. The van der Waals surface area contributed by atoms with Gasteiger partial charge >= 0.3 is 0 Å². The van der Waals surface area contributed by atoms with E-state index in [0.717, 1.165) is 44.5 Å². The Morgan fingerprint density at radius 1 is 0.754 bits per heavy atom. The minimum atomic E-state index is -2.18. The average Bonchev–Trinajstić information content (AvgIpc) is 3.84. The van der Waals surface area contributed by atoms with Gasteiger partial charge < -0.3 is 14.0 Å². The number of furan rings is 1. The molecule has 0 spiro atoms. The van der Waals surface area contributed by atoms with Crippen LogP contribution >= 0.6 is 0 Å². The summed E-state index contributed by atoms with van der Waals surface area (Å²) < 4.78 is 52.4. The van der Waals surface area contributed by atoms with E-state index in [9.17, 15) is 5.26 Å². The van der Waals surface area contributed by atoms with Crippen LogP contribution in [0, 0.1) is 37.2 Å². The molecule has 9 rings (SSSR count). The number of hydrogen-bond donors (Lipinski definition) is 0. The molecule has 0 atom stereocenters. The molecule has 0 amide bonds. The van der Waals surface area contributed by atoms with E-state index in [0.29, 0.717) is 22.4 Å². The molecule has 3 heterocycles. The molecule has 0 N–H and O–H groups in total. The van der Waals surface area contributed by atoms with Crippen LogP contribution in [0.3, 0.4) is 0 Å². The Kier molecular flexibility index (Phi) is 9.29. The molecule has 6 heteroatoms. The van der Waals surface area contributed by atoms with Gasteiger partial charge in [-0.25, -0.2) is 0 Å². The number of fused-ring (bicyclic) bond motifs is 4. The van der Waals surface area contributed by atoms with Crippen molar-refractivity contribution in [1.29, 1.82) is 5.26 Å². The van der Waals surface area contributed by atoms with Crippen LogP contribution in [0.15, 0.2) is 138 Å². The number of aromatic nitrogens is 3. The Morgan fingerprint density at radius 3 is 2.16 bits per heavy atom. The summed E-state index contributed by atoms with van der Waals surface area (Å²) in [5, 5.41) is 11.4. The van der Waals surface area contributed by atoms with Crippen LogP contribution in [-0.2, 0) is 20.1 Å². The maximum Gasteiger partial charge on any atom is 0.122 e. The molecule has 1 radical (unpaired) electrons. The van der Waals surface area contributed by atoms with E-state index in [1.54, 1.807) is 18.2 Å². The first-order valence-corrected chi connectivity index (χ1v) is 18.6. The SMILES string of the molecule is CC(C)c1cc(-c2ccccc2)cc(C(C)C)c1-n1c(-c2[c-]ccc3c2oc2cc(C#N)ccc23)nc2ccccc21.[2H]C([2H])([2H])c1c[c-]c(-c2ccc(C([2H])([2H])[2H])cn2)cc1.[Ir]. The van der Waals surface area contributed by atoms with Crippen molar-refractivity contribution in [2.24, 2.45) is 0 Å². The van der Waals surface area contributed by atoms with Gasteiger partial charge in [0, 0.05) is 45.6 Å². The quantitative estimate of drug-likeness (QED) is 0.156. The molecule has 0 aliphatic rings. The van der Waals surface area contributed by atoms with Gasteiger partial charge in [-0.15, -0.1) is 53.6 Å². The summed E-state index contributed by atoms with van der Waals surface area (Å²) >= 11 is 0. The van der Waals surface area contributed by atoms with Gasteiger partial charge in [0.25, 0.3) is 0 Å². The van der Waals surface area contributed by atoms with Crippen LogP contribution in [0.25, 0.3) is 72.4 Å².